The van der Waals surface area contributed by atoms with E-state index in [1.54, 1.807) is 42.1 Å². The van der Waals surface area contributed by atoms with Gasteiger partial charge in [0.15, 0.2) is 0 Å². The molecule has 0 radical (unpaired) electrons. The molecule has 0 aliphatic carbocycles. The molecule has 1 amide bonds. The third kappa shape index (κ3) is 7.54. The summed E-state index contributed by atoms with van der Waals surface area (Å²) < 4.78 is 26.9. The topological polar surface area (TPSA) is 66.5 Å². The van der Waals surface area contributed by atoms with Gasteiger partial charge < -0.3 is 5.32 Å². The van der Waals surface area contributed by atoms with E-state index >= 15 is 0 Å². The highest BCUT2D eigenvalue weighted by atomic mass is 35.5. The van der Waals surface area contributed by atoms with Crippen LogP contribution in [0.25, 0.3) is 0 Å². The molecule has 3 rings (SSSR count). The molecule has 174 valence electrons. The van der Waals surface area contributed by atoms with Gasteiger partial charge in [0, 0.05) is 52.1 Å². The quantitative estimate of drug-likeness (QED) is 0.446. The molecular weight excluding hydrogens is 511 g/mol. The molecule has 0 aromatic heterocycles. The van der Waals surface area contributed by atoms with Gasteiger partial charge in [0.25, 0.3) is 0 Å². The highest BCUT2D eigenvalue weighted by Gasteiger charge is 2.31. The van der Waals surface area contributed by atoms with E-state index in [0.29, 0.717) is 53.1 Å². The Balaban J connectivity index is 1.37. The maximum absolute atomic E-state index is 12.7. The minimum absolute atomic E-state index is 0.0120. The number of rotatable bonds is 9. The Kier molecular flexibility index (Phi) is 9.58. The zero-order valence-corrected chi connectivity index (χ0v) is 21.3. The van der Waals surface area contributed by atoms with Crippen molar-refractivity contribution in [3.8, 4) is 0 Å². The monoisotopic (exact) mass is 534 g/mol. The number of nitrogens with zero attached hydrogens (tertiary/aromatic N) is 1. The van der Waals surface area contributed by atoms with Crippen molar-refractivity contribution in [2.45, 2.75) is 24.3 Å². The fraction of sp³-hybridized carbons (Fsp3) is 0.409. The van der Waals surface area contributed by atoms with Crippen LogP contribution < -0.4 is 5.32 Å². The van der Waals surface area contributed by atoms with Gasteiger partial charge in [-0.1, -0.05) is 53.0 Å². The molecule has 0 atom stereocenters. The lowest BCUT2D eigenvalue weighted by molar-refractivity contribution is -0.125. The summed E-state index contributed by atoms with van der Waals surface area (Å²) in [4.78, 5) is 12.5. The number of sulfonamides is 1. The van der Waals surface area contributed by atoms with Crippen LogP contribution in [0.4, 0.5) is 0 Å². The van der Waals surface area contributed by atoms with E-state index < -0.39 is 10.0 Å². The number of halogens is 3. The largest absolute Gasteiger partial charge is 0.355 e. The third-order valence-corrected chi connectivity index (χ3v) is 8.95. The van der Waals surface area contributed by atoms with Crippen LogP contribution in [0, 0.1) is 5.92 Å². The number of carbonyl (C=O) groups excluding carboxylic acids is 1. The van der Waals surface area contributed by atoms with Gasteiger partial charge in [-0.25, -0.2) is 12.7 Å². The molecule has 1 aliphatic heterocycles. The second kappa shape index (κ2) is 12.0. The summed E-state index contributed by atoms with van der Waals surface area (Å²) in [5, 5.41) is 4.74. The molecule has 5 nitrogen and oxygen atoms in total. The van der Waals surface area contributed by atoms with Gasteiger partial charge >= 0.3 is 0 Å². The van der Waals surface area contributed by atoms with Crippen molar-refractivity contribution in [3.63, 3.8) is 0 Å². The third-order valence-electron chi connectivity index (χ3n) is 5.27. The molecule has 1 saturated heterocycles. The van der Waals surface area contributed by atoms with Crippen LogP contribution in [0.1, 0.15) is 24.0 Å². The van der Waals surface area contributed by atoms with Crippen LogP contribution in [0.2, 0.25) is 15.1 Å². The second-order valence-corrected chi connectivity index (χ2v) is 12.0. The summed E-state index contributed by atoms with van der Waals surface area (Å²) in [7, 11) is -3.44. The fourth-order valence-electron chi connectivity index (χ4n) is 3.54. The fourth-order valence-corrected chi connectivity index (χ4v) is 6.72. The highest BCUT2D eigenvalue weighted by Crippen LogP contribution is 2.25. The van der Waals surface area contributed by atoms with E-state index in [-0.39, 0.29) is 17.6 Å². The number of piperidine rings is 1. The van der Waals surface area contributed by atoms with Crippen LogP contribution in [0.5, 0.6) is 0 Å². The second-order valence-electron chi connectivity index (χ2n) is 7.64. The molecule has 10 heteroatoms. The first kappa shape index (κ1) is 25.7. The minimum atomic E-state index is -3.44. The zero-order chi connectivity index (χ0) is 23.1. The average Bonchev–Trinajstić information content (AvgIpc) is 2.74. The summed E-state index contributed by atoms with van der Waals surface area (Å²) in [5.41, 5.74) is 1.67. The minimum Gasteiger partial charge on any atom is -0.355 e. The standard InChI is InChI=1S/C22H25Cl3N2O3S2/c23-19-3-1-2-16(12-19)15-32(29,30)27-9-6-17(7-10-27)22(28)26-8-11-31-14-18-4-5-20(24)13-21(18)25/h1-5,12-13,17H,6-11,14-15H2,(H,26,28). The number of hydrogen-bond acceptors (Lipinski definition) is 4. The first-order chi connectivity index (χ1) is 15.2. The normalized spacial score (nSPS) is 15.6. The van der Waals surface area contributed by atoms with Gasteiger partial charge in [-0.2, -0.15) is 11.8 Å². The van der Waals surface area contributed by atoms with E-state index in [9.17, 15) is 13.2 Å². The Morgan fingerprint density at radius 1 is 1.06 bits per heavy atom. The van der Waals surface area contributed by atoms with E-state index in [4.69, 9.17) is 34.8 Å². The van der Waals surface area contributed by atoms with Crippen molar-refractivity contribution in [1.29, 1.82) is 0 Å². The number of hydrogen-bond donors (Lipinski definition) is 1. The maximum Gasteiger partial charge on any atom is 0.223 e. The van der Waals surface area contributed by atoms with E-state index in [1.165, 1.54) is 4.31 Å². The summed E-state index contributed by atoms with van der Waals surface area (Å²) in [6.07, 6.45) is 1.04. The van der Waals surface area contributed by atoms with Gasteiger partial charge in [-0.3, -0.25) is 4.79 Å². The molecule has 32 heavy (non-hydrogen) atoms. The lowest BCUT2D eigenvalue weighted by Gasteiger charge is -2.30. The van der Waals surface area contributed by atoms with Crippen molar-refractivity contribution in [2.24, 2.45) is 5.92 Å². The molecule has 0 spiro atoms. The Morgan fingerprint density at radius 3 is 2.47 bits per heavy atom. The molecule has 2 aromatic rings. The first-order valence-corrected chi connectivity index (χ1v) is 14.2. The molecule has 0 saturated carbocycles. The van der Waals surface area contributed by atoms with Crippen molar-refractivity contribution < 1.29 is 13.2 Å². The van der Waals surface area contributed by atoms with Gasteiger partial charge in [0.2, 0.25) is 15.9 Å². The summed E-state index contributed by atoms with van der Waals surface area (Å²) >= 11 is 19.7. The zero-order valence-electron chi connectivity index (χ0n) is 17.4. The Hall–Kier alpha value is -0.960. The molecule has 0 unspecified atom stereocenters. The number of carbonyl (C=O) groups is 1. The van der Waals surface area contributed by atoms with Crippen LogP contribution in [0.3, 0.4) is 0 Å². The number of thioether (sulfide) groups is 1. The first-order valence-electron chi connectivity index (χ1n) is 10.3. The summed E-state index contributed by atoms with van der Waals surface area (Å²) in [6, 6.07) is 12.3. The lowest BCUT2D eigenvalue weighted by Crippen LogP contribution is -2.43. The molecule has 1 fully saturated rings. The van der Waals surface area contributed by atoms with Gasteiger partial charge in [0.1, 0.15) is 0 Å². The lowest BCUT2D eigenvalue weighted by atomic mass is 9.97. The van der Waals surface area contributed by atoms with Gasteiger partial charge in [-0.15, -0.1) is 0 Å². The predicted molar refractivity (Wildman–Crippen MR) is 134 cm³/mol. The van der Waals surface area contributed by atoms with Crippen LogP contribution >= 0.6 is 46.6 Å². The van der Waals surface area contributed by atoms with Gasteiger partial charge in [-0.05, 0) is 48.2 Å². The van der Waals surface area contributed by atoms with E-state index in [1.807, 2.05) is 12.1 Å². The summed E-state index contributed by atoms with van der Waals surface area (Å²) in [6.45, 7) is 1.26. The van der Waals surface area contributed by atoms with E-state index in [2.05, 4.69) is 5.32 Å². The molecular formula is C22H25Cl3N2O3S2. The predicted octanol–water partition coefficient (Wildman–Crippen LogP) is 5.24. The number of amides is 1. The summed E-state index contributed by atoms with van der Waals surface area (Å²) in [5.74, 6) is 1.25. The molecule has 1 N–H and O–H groups in total. The van der Waals surface area contributed by atoms with Crippen LogP contribution in [-0.2, 0) is 26.3 Å². The Morgan fingerprint density at radius 2 is 1.78 bits per heavy atom. The van der Waals surface area contributed by atoms with Crippen molar-refractivity contribution in [2.75, 3.05) is 25.4 Å². The van der Waals surface area contributed by atoms with E-state index in [0.717, 1.165) is 17.1 Å². The number of benzene rings is 2. The SMILES string of the molecule is O=C(NCCSCc1ccc(Cl)cc1Cl)C1CCN(S(=O)(=O)Cc2cccc(Cl)c2)CC1. The molecule has 1 aliphatic rings. The average molecular weight is 536 g/mol. The molecule has 2 aromatic carbocycles. The van der Waals surface area contributed by atoms with Crippen molar-refractivity contribution in [3.05, 3.63) is 68.7 Å². The Bertz CT molecular complexity index is 1040. The van der Waals surface area contributed by atoms with Crippen LogP contribution in [0.15, 0.2) is 42.5 Å². The van der Waals surface area contributed by atoms with Gasteiger partial charge in [0.05, 0.1) is 5.75 Å². The maximum atomic E-state index is 12.7. The molecule has 1 heterocycles. The van der Waals surface area contributed by atoms with Crippen LogP contribution in [-0.4, -0.2) is 44.0 Å². The Labute approximate surface area is 208 Å². The highest BCUT2D eigenvalue weighted by molar-refractivity contribution is 7.98. The van der Waals surface area contributed by atoms with Crippen molar-refractivity contribution in [1.82, 2.24) is 9.62 Å². The smallest absolute Gasteiger partial charge is 0.223 e. The molecule has 0 bridgehead atoms. The number of nitrogens with one attached hydrogen (secondary N) is 1. The van der Waals surface area contributed by atoms with Crippen molar-refractivity contribution >= 4 is 62.5 Å².